The second kappa shape index (κ2) is 7.31. The molecule has 1 atom stereocenters. The second-order valence-corrected chi connectivity index (χ2v) is 8.22. The van der Waals surface area contributed by atoms with Gasteiger partial charge in [0.05, 0.1) is 20.3 Å². The number of methoxy groups -OCH3 is 1. The number of carbonyl (C=O) groups is 1. The number of hydrogen-bond acceptors (Lipinski definition) is 5. The molecule has 3 rings (SSSR count). The first-order valence-corrected chi connectivity index (χ1v) is 9.92. The van der Waals surface area contributed by atoms with Crippen molar-refractivity contribution in [2.24, 2.45) is 0 Å². The number of nitrogens with zero attached hydrogens (tertiary/aromatic N) is 2. The quantitative estimate of drug-likeness (QED) is 0.793. The fourth-order valence-electron chi connectivity index (χ4n) is 3.38. The Labute approximate surface area is 148 Å². The lowest BCUT2D eigenvalue weighted by molar-refractivity contribution is -0.138. The van der Waals surface area contributed by atoms with Gasteiger partial charge in [-0.3, -0.25) is 4.79 Å². The van der Waals surface area contributed by atoms with Gasteiger partial charge in [0.2, 0.25) is 15.9 Å². The van der Waals surface area contributed by atoms with E-state index in [1.807, 2.05) is 6.92 Å². The summed E-state index contributed by atoms with van der Waals surface area (Å²) in [6.45, 7) is 4.20. The molecule has 1 amide bonds. The maximum absolute atomic E-state index is 13.2. The fourth-order valence-corrected chi connectivity index (χ4v) is 5.27. The number of sulfonamides is 1. The molecule has 7 nitrogen and oxygen atoms in total. The zero-order chi connectivity index (χ0) is 18.0. The van der Waals surface area contributed by atoms with Gasteiger partial charge in [0.15, 0.2) is 0 Å². The number of morpholine rings is 1. The van der Waals surface area contributed by atoms with E-state index in [2.05, 4.69) is 0 Å². The topological polar surface area (TPSA) is 76.2 Å². The Hall–Kier alpha value is -1.64. The van der Waals surface area contributed by atoms with Crippen LogP contribution in [-0.4, -0.2) is 69.5 Å². The molecule has 2 heterocycles. The van der Waals surface area contributed by atoms with Crippen molar-refractivity contribution in [3.8, 4) is 5.75 Å². The van der Waals surface area contributed by atoms with Crippen molar-refractivity contribution in [1.29, 1.82) is 0 Å². The van der Waals surface area contributed by atoms with Crippen molar-refractivity contribution in [1.82, 2.24) is 9.21 Å². The van der Waals surface area contributed by atoms with Crippen LogP contribution in [0.25, 0.3) is 0 Å². The fraction of sp³-hybridized carbons (Fsp3) is 0.588. The average molecular weight is 368 g/mol. The number of hydrogen-bond donors (Lipinski definition) is 0. The van der Waals surface area contributed by atoms with E-state index in [1.165, 1.54) is 11.4 Å². The first-order valence-electron chi connectivity index (χ1n) is 8.48. The predicted octanol–water partition coefficient (Wildman–Crippen LogP) is 1.02. The van der Waals surface area contributed by atoms with Gasteiger partial charge in [-0.25, -0.2) is 8.42 Å². The summed E-state index contributed by atoms with van der Waals surface area (Å²) < 4.78 is 38.3. The van der Waals surface area contributed by atoms with Gasteiger partial charge in [0, 0.05) is 19.6 Å². The van der Waals surface area contributed by atoms with E-state index >= 15 is 0 Å². The molecule has 2 saturated heterocycles. The summed E-state index contributed by atoms with van der Waals surface area (Å²) in [7, 11) is -2.36. The number of carbonyl (C=O) groups excluding carboxylic acids is 1. The van der Waals surface area contributed by atoms with Crippen LogP contribution in [0.15, 0.2) is 23.1 Å². The Balaban J connectivity index is 1.91. The van der Waals surface area contributed by atoms with E-state index < -0.39 is 16.1 Å². The molecule has 2 aliphatic heterocycles. The highest BCUT2D eigenvalue weighted by Gasteiger charge is 2.42. The monoisotopic (exact) mass is 368 g/mol. The number of rotatable bonds is 4. The molecule has 0 unspecified atom stereocenters. The lowest BCUT2D eigenvalue weighted by atomic mass is 10.2. The minimum absolute atomic E-state index is 0.122. The molecule has 0 aromatic heterocycles. The van der Waals surface area contributed by atoms with Gasteiger partial charge in [-0.2, -0.15) is 4.31 Å². The molecule has 0 N–H and O–H groups in total. The van der Waals surface area contributed by atoms with Gasteiger partial charge in [0.1, 0.15) is 16.7 Å². The smallest absolute Gasteiger partial charge is 0.247 e. The summed E-state index contributed by atoms with van der Waals surface area (Å²) in [4.78, 5) is 14.7. The highest BCUT2D eigenvalue weighted by Crippen LogP contribution is 2.32. The second-order valence-electron chi connectivity index (χ2n) is 6.37. The lowest BCUT2D eigenvalue weighted by Gasteiger charge is -2.32. The van der Waals surface area contributed by atoms with Crippen molar-refractivity contribution in [2.45, 2.75) is 30.7 Å². The van der Waals surface area contributed by atoms with Crippen molar-refractivity contribution in [3.05, 3.63) is 23.8 Å². The van der Waals surface area contributed by atoms with Gasteiger partial charge < -0.3 is 14.4 Å². The van der Waals surface area contributed by atoms with Gasteiger partial charge in [-0.15, -0.1) is 0 Å². The summed E-state index contributed by atoms with van der Waals surface area (Å²) in [6.07, 6.45) is 1.22. The number of ether oxygens (including phenoxy) is 2. The Morgan fingerprint density at radius 3 is 2.64 bits per heavy atom. The number of benzene rings is 1. The molecule has 1 aromatic rings. The van der Waals surface area contributed by atoms with Crippen LogP contribution in [0.5, 0.6) is 5.75 Å². The third kappa shape index (κ3) is 3.51. The van der Waals surface area contributed by atoms with Crippen LogP contribution < -0.4 is 4.74 Å². The molecule has 0 radical (unpaired) electrons. The van der Waals surface area contributed by atoms with Crippen molar-refractivity contribution >= 4 is 15.9 Å². The van der Waals surface area contributed by atoms with Gasteiger partial charge in [-0.05, 0) is 37.5 Å². The van der Waals surface area contributed by atoms with Gasteiger partial charge in [0.25, 0.3) is 0 Å². The van der Waals surface area contributed by atoms with Crippen LogP contribution in [-0.2, 0) is 19.6 Å². The molecule has 0 bridgehead atoms. The number of amides is 1. The van der Waals surface area contributed by atoms with E-state index in [0.29, 0.717) is 51.4 Å². The molecule has 0 spiro atoms. The standard InChI is InChI=1S/C17H24N2O5S/c1-13-5-6-15(23-2)16(12-13)25(21,22)19-7-3-4-14(19)17(20)18-8-10-24-11-9-18/h5-6,12,14H,3-4,7-11H2,1-2H3/t14-/m0/s1. The van der Waals surface area contributed by atoms with Crippen LogP contribution >= 0.6 is 0 Å². The lowest BCUT2D eigenvalue weighted by Crippen LogP contribution is -2.51. The van der Waals surface area contributed by atoms with E-state index in [1.54, 1.807) is 23.1 Å². The minimum Gasteiger partial charge on any atom is -0.495 e. The SMILES string of the molecule is COc1ccc(C)cc1S(=O)(=O)N1CCC[C@H]1C(=O)N1CCOCC1. The Bertz CT molecular complexity index is 743. The predicted molar refractivity (Wildman–Crippen MR) is 92.0 cm³/mol. The molecule has 25 heavy (non-hydrogen) atoms. The Morgan fingerprint density at radius 2 is 1.96 bits per heavy atom. The molecule has 0 aliphatic carbocycles. The average Bonchev–Trinajstić information content (AvgIpc) is 3.12. The highest BCUT2D eigenvalue weighted by atomic mass is 32.2. The summed E-state index contributed by atoms with van der Waals surface area (Å²) in [5, 5.41) is 0. The zero-order valence-corrected chi connectivity index (χ0v) is 15.4. The maximum Gasteiger partial charge on any atom is 0.247 e. The van der Waals surface area contributed by atoms with Gasteiger partial charge >= 0.3 is 0 Å². The third-order valence-corrected chi connectivity index (χ3v) is 6.65. The molecular weight excluding hydrogens is 344 g/mol. The molecule has 0 saturated carbocycles. The van der Waals surface area contributed by atoms with Crippen LogP contribution in [0.3, 0.4) is 0 Å². The third-order valence-electron chi connectivity index (χ3n) is 4.72. The van der Waals surface area contributed by atoms with Gasteiger partial charge in [-0.1, -0.05) is 6.07 Å². The van der Waals surface area contributed by atoms with Crippen LogP contribution in [0.1, 0.15) is 18.4 Å². The van der Waals surface area contributed by atoms with E-state index in [9.17, 15) is 13.2 Å². The van der Waals surface area contributed by atoms with E-state index in [4.69, 9.17) is 9.47 Å². The first-order chi connectivity index (χ1) is 11.9. The highest BCUT2D eigenvalue weighted by molar-refractivity contribution is 7.89. The molecule has 138 valence electrons. The summed E-state index contributed by atoms with van der Waals surface area (Å²) in [5.74, 6) is 0.172. The van der Waals surface area contributed by atoms with Crippen molar-refractivity contribution in [2.75, 3.05) is 40.0 Å². The van der Waals surface area contributed by atoms with E-state index in [-0.39, 0.29) is 10.8 Å². The van der Waals surface area contributed by atoms with Crippen LogP contribution in [0.2, 0.25) is 0 Å². The van der Waals surface area contributed by atoms with Crippen LogP contribution in [0, 0.1) is 6.92 Å². The summed E-state index contributed by atoms with van der Waals surface area (Å²) in [6, 6.07) is 4.41. The maximum atomic E-state index is 13.2. The normalized spacial score (nSPS) is 22.2. The molecule has 2 aliphatic rings. The van der Waals surface area contributed by atoms with Crippen molar-refractivity contribution < 1.29 is 22.7 Å². The first kappa shape index (κ1) is 18.2. The zero-order valence-electron chi connectivity index (χ0n) is 14.6. The Kier molecular flexibility index (Phi) is 5.31. The summed E-state index contributed by atoms with van der Waals surface area (Å²) >= 11 is 0. The largest absolute Gasteiger partial charge is 0.495 e. The van der Waals surface area contributed by atoms with Crippen molar-refractivity contribution in [3.63, 3.8) is 0 Å². The summed E-state index contributed by atoms with van der Waals surface area (Å²) in [5.41, 5.74) is 0.828. The molecular formula is C17H24N2O5S. The molecule has 1 aromatic carbocycles. The Morgan fingerprint density at radius 1 is 1.24 bits per heavy atom. The number of aryl methyl sites for hydroxylation is 1. The minimum atomic E-state index is -3.81. The molecule has 8 heteroatoms. The van der Waals surface area contributed by atoms with Crippen LogP contribution in [0.4, 0.5) is 0 Å². The van der Waals surface area contributed by atoms with E-state index in [0.717, 1.165) is 5.56 Å². The molecule has 2 fully saturated rings.